The number of fused-ring (bicyclic) bond motifs is 1. The molecule has 0 spiro atoms. The van der Waals surface area contributed by atoms with E-state index >= 15 is 0 Å². The Morgan fingerprint density at radius 1 is 1.17 bits per heavy atom. The van der Waals surface area contributed by atoms with E-state index in [0.717, 1.165) is 10.2 Å². The second kappa shape index (κ2) is 5.54. The van der Waals surface area contributed by atoms with E-state index in [2.05, 4.69) is 10.1 Å². The van der Waals surface area contributed by atoms with Crippen LogP contribution in [0.15, 0.2) is 65.4 Å². The minimum absolute atomic E-state index is 0.222. The fraction of sp³-hybridized carbons (Fsp3) is 0. The summed E-state index contributed by atoms with van der Waals surface area (Å²) in [6.45, 7) is 0. The molecule has 0 saturated carbocycles. The summed E-state index contributed by atoms with van der Waals surface area (Å²) in [7, 11) is 0. The van der Waals surface area contributed by atoms with Crippen LogP contribution < -0.4 is 10.7 Å². The molecule has 3 aromatic rings. The number of hydrogen-bond donors (Lipinski definition) is 1. The highest BCUT2D eigenvalue weighted by atomic mass is 32.1. The molecule has 1 aliphatic heterocycles. The van der Waals surface area contributed by atoms with Gasteiger partial charge < -0.3 is 5.73 Å². The predicted octanol–water partition coefficient (Wildman–Crippen LogP) is 3.03. The van der Waals surface area contributed by atoms with Crippen LogP contribution in [0.4, 0.5) is 9.52 Å². The lowest BCUT2D eigenvalue weighted by atomic mass is 10.0. The number of para-hydroxylation sites is 1. The van der Waals surface area contributed by atoms with Gasteiger partial charge in [-0.1, -0.05) is 35.6 Å². The third-order valence-electron chi connectivity index (χ3n) is 3.61. The summed E-state index contributed by atoms with van der Waals surface area (Å²) < 4.78 is 14.4. The van der Waals surface area contributed by atoms with Crippen molar-refractivity contribution < 1.29 is 9.18 Å². The molecule has 0 fully saturated rings. The monoisotopic (exact) mass is 338 g/mol. The molecule has 0 radical (unpaired) electrons. The minimum Gasteiger partial charge on any atom is -0.404 e. The normalized spacial score (nSPS) is 16.2. The van der Waals surface area contributed by atoms with E-state index in [0.29, 0.717) is 16.4 Å². The first-order valence-corrected chi connectivity index (χ1v) is 7.96. The van der Waals surface area contributed by atoms with Gasteiger partial charge in [-0.2, -0.15) is 10.1 Å². The third-order valence-corrected chi connectivity index (χ3v) is 4.62. The van der Waals surface area contributed by atoms with Crippen molar-refractivity contribution in [2.75, 3.05) is 5.01 Å². The number of benzene rings is 2. The average Bonchev–Trinajstić information content (AvgIpc) is 3.15. The Morgan fingerprint density at radius 3 is 2.75 bits per heavy atom. The SMILES string of the molecule is NC=C1C(=O)N(c2nc3ccccc3s2)N=C1c1cccc(F)c1. The molecule has 0 atom stereocenters. The lowest BCUT2D eigenvalue weighted by Crippen LogP contribution is -2.21. The summed E-state index contributed by atoms with van der Waals surface area (Å²) in [5, 5.41) is 5.99. The topological polar surface area (TPSA) is 71.6 Å². The summed E-state index contributed by atoms with van der Waals surface area (Å²) >= 11 is 1.36. The highest BCUT2D eigenvalue weighted by molar-refractivity contribution is 7.22. The van der Waals surface area contributed by atoms with Gasteiger partial charge in [-0.05, 0) is 24.3 Å². The maximum Gasteiger partial charge on any atom is 0.284 e. The number of anilines is 1. The number of rotatable bonds is 2. The Hall–Kier alpha value is -3.06. The van der Waals surface area contributed by atoms with Gasteiger partial charge in [0.05, 0.1) is 15.8 Å². The van der Waals surface area contributed by atoms with Crippen LogP contribution in [-0.4, -0.2) is 16.6 Å². The van der Waals surface area contributed by atoms with Gasteiger partial charge in [0.2, 0.25) is 5.13 Å². The molecule has 1 amide bonds. The second-order valence-electron chi connectivity index (χ2n) is 5.12. The van der Waals surface area contributed by atoms with Crippen molar-refractivity contribution in [1.82, 2.24) is 4.98 Å². The van der Waals surface area contributed by atoms with E-state index in [1.54, 1.807) is 12.1 Å². The highest BCUT2D eigenvalue weighted by Crippen LogP contribution is 2.32. The lowest BCUT2D eigenvalue weighted by Gasteiger charge is -2.05. The van der Waals surface area contributed by atoms with Crippen molar-refractivity contribution in [3.63, 3.8) is 0 Å². The molecule has 2 aromatic carbocycles. The predicted molar refractivity (Wildman–Crippen MR) is 92.3 cm³/mol. The number of halogens is 1. The molecular weight excluding hydrogens is 327 g/mol. The van der Waals surface area contributed by atoms with Crippen LogP contribution in [0.2, 0.25) is 0 Å². The molecule has 118 valence electrons. The molecule has 2 heterocycles. The zero-order valence-electron chi connectivity index (χ0n) is 12.3. The zero-order chi connectivity index (χ0) is 16.7. The van der Waals surface area contributed by atoms with Crippen molar-refractivity contribution in [2.45, 2.75) is 0 Å². The summed E-state index contributed by atoms with van der Waals surface area (Å²) in [6.07, 6.45) is 1.19. The number of nitrogens with two attached hydrogens (primary N) is 1. The number of aromatic nitrogens is 1. The standard InChI is InChI=1S/C17H11FN4OS/c18-11-5-3-4-10(8-11)15-12(9-19)16(23)22(21-15)17-20-13-6-1-2-7-14(13)24-17/h1-9H,19H2. The molecule has 0 bridgehead atoms. The molecule has 0 unspecified atom stereocenters. The first-order chi connectivity index (χ1) is 11.7. The van der Waals surface area contributed by atoms with Crippen molar-refractivity contribution in [3.05, 3.63) is 71.7 Å². The molecule has 1 aromatic heterocycles. The molecule has 7 heteroatoms. The van der Waals surface area contributed by atoms with Gasteiger partial charge in [0.1, 0.15) is 11.5 Å². The zero-order valence-corrected chi connectivity index (χ0v) is 13.1. The number of hydrazone groups is 1. The van der Waals surface area contributed by atoms with Crippen LogP contribution in [0.3, 0.4) is 0 Å². The van der Waals surface area contributed by atoms with Gasteiger partial charge in [0.25, 0.3) is 5.91 Å². The second-order valence-corrected chi connectivity index (χ2v) is 6.13. The van der Waals surface area contributed by atoms with Gasteiger partial charge >= 0.3 is 0 Å². The highest BCUT2D eigenvalue weighted by Gasteiger charge is 2.33. The molecule has 0 saturated heterocycles. The quantitative estimate of drug-likeness (QED) is 0.730. The first kappa shape index (κ1) is 14.5. The van der Waals surface area contributed by atoms with Crippen molar-refractivity contribution >= 4 is 38.3 Å². The molecule has 24 heavy (non-hydrogen) atoms. The number of amides is 1. The number of hydrogen-bond acceptors (Lipinski definition) is 5. The van der Waals surface area contributed by atoms with E-state index < -0.39 is 5.82 Å². The molecule has 1 aliphatic rings. The average molecular weight is 338 g/mol. The Morgan fingerprint density at radius 2 is 2.00 bits per heavy atom. The van der Waals surface area contributed by atoms with E-state index in [1.807, 2.05) is 24.3 Å². The maximum absolute atomic E-state index is 13.5. The van der Waals surface area contributed by atoms with Crippen molar-refractivity contribution in [3.8, 4) is 0 Å². The molecule has 5 nitrogen and oxygen atoms in total. The van der Waals surface area contributed by atoms with E-state index in [1.165, 1.54) is 34.7 Å². The maximum atomic E-state index is 13.5. The Kier molecular flexibility index (Phi) is 3.35. The molecular formula is C17H11FN4OS. The van der Waals surface area contributed by atoms with Crippen LogP contribution in [0.5, 0.6) is 0 Å². The largest absolute Gasteiger partial charge is 0.404 e. The Labute approximate surface area is 140 Å². The van der Waals surface area contributed by atoms with Crippen LogP contribution >= 0.6 is 11.3 Å². The van der Waals surface area contributed by atoms with E-state index in [9.17, 15) is 9.18 Å². The Bertz CT molecular complexity index is 991. The molecule has 0 aliphatic carbocycles. The Balaban J connectivity index is 1.83. The number of carbonyl (C=O) groups excluding carboxylic acids is 1. The fourth-order valence-corrected chi connectivity index (χ4v) is 3.41. The minimum atomic E-state index is -0.405. The molecule has 2 N–H and O–H groups in total. The smallest absolute Gasteiger partial charge is 0.284 e. The van der Waals surface area contributed by atoms with Crippen LogP contribution in [-0.2, 0) is 4.79 Å². The van der Waals surface area contributed by atoms with Crippen LogP contribution in [0, 0.1) is 5.82 Å². The number of carbonyl (C=O) groups is 1. The lowest BCUT2D eigenvalue weighted by molar-refractivity contribution is -0.114. The van der Waals surface area contributed by atoms with Crippen LogP contribution in [0.25, 0.3) is 10.2 Å². The van der Waals surface area contributed by atoms with E-state index in [4.69, 9.17) is 5.73 Å². The van der Waals surface area contributed by atoms with Crippen LogP contribution in [0.1, 0.15) is 5.56 Å². The van der Waals surface area contributed by atoms with Gasteiger partial charge in [-0.25, -0.2) is 9.37 Å². The van der Waals surface area contributed by atoms with Gasteiger partial charge in [-0.3, -0.25) is 4.79 Å². The van der Waals surface area contributed by atoms with Crippen molar-refractivity contribution in [1.29, 1.82) is 0 Å². The first-order valence-electron chi connectivity index (χ1n) is 7.14. The number of nitrogens with zero attached hydrogens (tertiary/aromatic N) is 3. The van der Waals surface area contributed by atoms with Gasteiger partial charge in [0, 0.05) is 11.8 Å². The van der Waals surface area contributed by atoms with Gasteiger partial charge in [0.15, 0.2) is 0 Å². The fourth-order valence-electron chi connectivity index (χ4n) is 2.49. The summed E-state index contributed by atoms with van der Waals surface area (Å²) in [4.78, 5) is 17.1. The number of thiazole rings is 1. The summed E-state index contributed by atoms with van der Waals surface area (Å²) in [5.74, 6) is -0.784. The summed E-state index contributed by atoms with van der Waals surface area (Å²) in [6, 6.07) is 13.5. The summed E-state index contributed by atoms with van der Waals surface area (Å²) in [5.41, 5.74) is 7.44. The van der Waals surface area contributed by atoms with E-state index in [-0.39, 0.29) is 11.5 Å². The molecule has 4 rings (SSSR count). The van der Waals surface area contributed by atoms with Crippen molar-refractivity contribution in [2.24, 2.45) is 10.8 Å². The third kappa shape index (κ3) is 2.26. The van der Waals surface area contributed by atoms with Gasteiger partial charge in [-0.15, -0.1) is 0 Å².